The van der Waals surface area contributed by atoms with Crippen LogP contribution >= 0.6 is 33.9 Å². The molecule has 0 aliphatic carbocycles. The third-order valence-electron chi connectivity index (χ3n) is 2.82. The van der Waals surface area contributed by atoms with Gasteiger partial charge in [0.1, 0.15) is 0 Å². The molecule has 1 unspecified atom stereocenters. The Kier molecular flexibility index (Phi) is 4.59. The first-order valence-corrected chi connectivity index (χ1v) is 7.76. The number of aryl methyl sites for hydroxylation is 1. The Hall–Kier alpha value is -0.390. The lowest BCUT2D eigenvalue weighted by molar-refractivity contribution is 0.629. The number of thiophene rings is 1. The van der Waals surface area contributed by atoms with Crippen molar-refractivity contribution in [2.75, 3.05) is 6.54 Å². The molecule has 90 valence electrons. The van der Waals surface area contributed by atoms with Gasteiger partial charge in [-0.05, 0) is 69.6 Å². The highest BCUT2D eigenvalue weighted by atomic mass is 127. The van der Waals surface area contributed by atoms with Crippen molar-refractivity contribution >= 4 is 33.9 Å². The molecule has 1 nitrogen and oxygen atoms in total. The quantitative estimate of drug-likeness (QED) is 0.802. The van der Waals surface area contributed by atoms with Gasteiger partial charge in [0.15, 0.2) is 0 Å². The highest BCUT2D eigenvalue weighted by molar-refractivity contribution is 14.1. The summed E-state index contributed by atoms with van der Waals surface area (Å²) in [6, 6.07) is 9.06. The van der Waals surface area contributed by atoms with Crippen LogP contribution in [0.1, 0.15) is 29.7 Å². The van der Waals surface area contributed by atoms with Gasteiger partial charge in [-0.2, -0.15) is 11.3 Å². The zero-order valence-electron chi connectivity index (χ0n) is 10.0. The minimum absolute atomic E-state index is 0.318. The van der Waals surface area contributed by atoms with Crippen molar-refractivity contribution in [1.82, 2.24) is 5.32 Å². The molecule has 0 fully saturated rings. The van der Waals surface area contributed by atoms with Gasteiger partial charge in [-0.25, -0.2) is 0 Å². The summed E-state index contributed by atoms with van der Waals surface area (Å²) in [5, 5.41) is 7.94. The van der Waals surface area contributed by atoms with Crippen LogP contribution in [0.25, 0.3) is 0 Å². The SMILES string of the molecule is CCNC(c1ccsc1)c1cccc(C)c1I. The number of nitrogens with one attached hydrogen (secondary N) is 1. The van der Waals surface area contributed by atoms with Crippen LogP contribution in [0.15, 0.2) is 35.0 Å². The fourth-order valence-electron chi connectivity index (χ4n) is 1.94. The first-order chi connectivity index (χ1) is 8.24. The van der Waals surface area contributed by atoms with E-state index in [4.69, 9.17) is 0 Å². The predicted octanol–water partition coefficient (Wildman–Crippen LogP) is 4.36. The average molecular weight is 357 g/mol. The van der Waals surface area contributed by atoms with Gasteiger partial charge < -0.3 is 5.32 Å². The van der Waals surface area contributed by atoms with Crippen LogP contribution in [-0.4, -0.2) is 6.54 Å². The maximum atomic E-state index is 3.57. The van der Waals surface area contributed by atoms with E-state index in [1.807, 2.05) is 0 Å². The van der Waals surface area contributed by atoms with Gasteiger partial charge in [0.05, 0.1) is 6.04 Å². The number of hydrogen-bond acceptors (Lipinski definition) is 2. The van der Waals surface area contributed by atoms with Crippen molar-refractivity contribution in [2.45, 2.75) is 19.9 Å². The molecule has 0 bridgehead atoms. The summed E-state index contributed by atoms with van der Waals surface area (Å²) in [5.74, 6) is 0. The predicted molar refractivity (Wildman–Crippen MR) is 83.7 cm³/mol. The summed E-state index contributed by atoms with van der Waals surface area (Å²) in [5.41, 5.74) is 4.09. The Morgan fingerprint density at radius 2 is 2.18 bits per heavy atom. The topological polar surface area (TPSA) is 12.0 Å². The summed E-state index contributed by atoms with van der Waals surface area (Å²) >= 11 is 4.20. The van der Waals surface area contributed by atoms with E-state index < -0.39 is 0 Å². The molecule has 0 spiro atoms. The summed E-state index contributed by atoms with van der Waals surface area (Å²) in [4.78, 5) is 0. The summed E-state index contributed by atoms with van der Waals surface area (Å²) < 4.78 is 1.36. The molecule has 0 aliphatic rings. The Morgan fingerprint density at radius 3 is 2.82 bits per heavy atom. The Balaban J connectivity index is 2.43. The highest BCUT2D eigenvalue weighted by Crippen LogP contribution is 2.29. The van der Waals surface area contributed by atoms with Gasteiger partial charge in [0, 0.05) is 3.57 Å². The summed E-state index contributed by atoms with van der Waals surface area (Å²) in [7, 11) is 0. The molecule has 0 radical (unpaired) electrons. The lowest BCUT2D eigenvalue weighted by Crippen LogP contribution is -2.22. The Labute approximate surface area is 120 Å². The van der Waals surface area contributed by atoms with Crippen LogP contribution in [0, 0.1) is 10.5 Å². The number of halogens is 1. The molecular weight excluding hydrogens is 341 g/mol. The normalized spacial score (nSPS) is 12.6. The second-order valence-corrected chi connectivity index (χ2v) is 5.88. The molecule has 1 heterocycles. The van der Waals surface area contributed by atoms with E-state index in [2.05, 4.69) is 76.8 Å². The van der Waals surface area contributed by atoms with Gasteiger partial charge in [-0.3, -0.25) is 0 Å². The maximum Gasteiger partial charge on any atom is 0.0595 e. The molecule has 17 heavy (non-hydrogen) atoms. The lowest BCUT2D eigenvalue weighted by Gasteiger charge is -2.19. The van der Waals surface area contributed by atoms with Crippen molar-refractivity contribution in [1.29, 1.82) is 0 Å². The summed E-state index contributed by atoms with van der Waals surface area (Å²) in [6.07, 6.45) is 0. The van der Waals surface area contributed by atoms with Crippen molar-refractivity contribution in [3.05, 3.63) is 55.3 Å². The van der Waals surface area contributed by atoms with E-state index in [1.165, 1.54) is 20.3 Å². The minimum atomic E-state index is 0.318. The van der Waals surface area contributed by atoms with Crippen LogP contribution in [0.3, 0.4) is 0 Å². The van der Waals surface area contributed by atoms with E-state index in [1.54, 1.807) is 11.3 Å². The molecular formula is C14H16INS. The first-order valence-electron chi connectivity index (χ1n) is 5.74. The molecule has 0 saturated carbocycles. The standard InChI is InChI=1S/C14H16INS/c1-3-16-14(11-7-8-17-9-11)12-6-4-5-10(2)13(12)15/h4-9,14,16H,3H2,1-2H3. The van der Waals surface area contributed by atoms with Gasteiger partial charge in [-0.15, -0.1) is 0 Å². The second kappa shape index (κ2) is 5.98. The first kappa shape index (κ1) is 13.1. The van der Waals surface area contributed by atoms with E-state index in [0.29, 0.717) is 6.04 Å². The lowest BCUT2D eigenvalue weighted by atomic mass is 9.99. The molecule has 1 aromatic heterocycles. The third-order valence-corrected chi connectivity index (χ3v) is 4.99. The van der Waals surface area contributed by atoms with Gasteiger partial charge in [-0.1, -0.05) is 25.1 Å². The fourth-order valence-corrected chi connectivity index (χ4v) is 3.30. The third kappa shape index (κ3) is 2.89. The van der Waals surface area contributed by atoms with Crippen molar-refractivity contribution in [3.63, 3.8) is 0 Å². The molecule has 1 aromatic carbocycles. The van der Waals surface area contributed by atoms with Crippen molar-refractivity contribution < 1.29 is 0 Å². The van der Waals surface area contributed by atoms with Crippen LogP contribution in [0.2, 0.25) is 0 Å². The van der Waals surface area contributed by atoms with Crippen LogP contribution < -0.4 is 5.32 Å². The van der Waals surface area contributed by atoms with E-state index in [9.17, 15) is 0 Å². The number of rotatable bonds is 4. The van der Waals surface area contributed by atoms with E-state index in [0.717, 1.165) is 6.54 Å². The smallest absolute Gasteiger partial charge is 0.0595 e. The molecule has 3 heteroatoms. The van der Waals surface area contributed by atoms with Crippen LogP contribution in [0.4, 0.5) is 0 Å². The minimum Gasteiger partial charge on any atom is -0.306 e. The molecule has 1 N–H and O–H groups in total. The number of benzene rings is 1. The van der Waals surface area contributed by atoms with Crippen molar-refractivity contribution in [3.8, 4) is 0 Å². The van der Waals surface area contributed by atoms with E-state index in [-0.39, 0.29) is 0 Å². The molecule has 1 atom stereocenters. The molecule has 0 saturated heterocycles. The monoisotopic (exact) mass is 357 g/mol. The largest absolute Gasteiger partial charge is 0.306 e. The molecule has 0 aliphatic heterocycles. The van der Waals surface area contributed by atoms with Gasteiger partial charge >= 0.3 is 0 Å². The van der Waals surface area contributed by atoms with E-state index >= 15 is 0 Å². The summed E-state index contributed by atoms with van der Waals surface area (Å²) in [6.45, 7) is 5.30. The average Bonchev–Trinajstić information content (AvgIpc) is 2.84. The fraction of sp³-hybridized carbons (Fsp3) is 0.286. The number of hydrogen-bond donors (Lipinski definition) is 1. The van der Waals surface area contributed by atoms with Crippen LogP contribution in [-0.2, 0) is 0 Å². The van der Waals surface area contributed by atoms with Crippen LogP contribution in [0.5, 0.6) is 0 Å². The zero-order valence-corrected chi connectivity index (χ0v) is 13.0. The Bertz CT molecular complexity index is 479. The molecule has 0 amide bonds. The zero-order chi connectivity index (χ0) is 12.3. The molecule has 2 rings (SSSR count). The Morgan fingerprint density at radius 1 is 1.35 bits per heavy atom. The van der Waals surface area contributed by atoms with Gasteiger partial charge in [0.2, 0.25) is 0 Å². The molecule has 2 aromatic rings. The van der Waals surface area contributed by atoms with Gasteiger partial charge in [0.25, 0.3) is 0 Å². The highest BCUT2D eigenvalue weighted by Gasteiger charge is 2.16. The maximum absolute atomic E-state index is 3.57. The second-order valence-electron chi connectivity index (χ2n) is 4.03. The van der Waals surface area contributed by atoms with Crippen molar-refractivity contribution in [2.24, 2.45) is 0 Å².